The van der Waals surface area contributed by atoms with E-state index in [0.717, 1.165) is 27.8 Å². The second-order valence-electron chi connectivity index (χ2n) is 7.91. The molecule has 0 aromatic heterocycles. The molecule has 0 N–H and O–H groups in total. The van der Waals surface area contributed by atoms with E-state index in [1.165, 1.54) is 0 Å². The Morgan fingerprint density at radius 3 is 1.33 bits per heavy atom. The zero-order valence-electron chi connectivity index (χ0n) is 23.7. The minimum atomic E-state index is 0. The van der Waals surface area contributed by atoms with Gasteiger partial charge in [-0.1, -0.05) is 47.9 Å². The first kappa shape index (κ1) is 48.2. The van der Waals surface area contributed by atoms with Crippen molar-refractivity contribution in [2.75, 3.05) is 48.9 Å². The zero-order valence-corrected chi connectivity index (χ0v) is 23.7. The predicted octanol–water partition coefficient (Wildman–Crippen LogP) is 8.34. The molecule has 8 heteroatoms. The van der Waals surface area contributed by atoms with Crippen molar-refractivity contribution in [2.24, 2.45) is 0 Å². The second kappa shape index (κ2) is 28.9. The molecule has 42 heavy (non-hydrogen) atoms. The van der Waals surface area contributed by atoms with Crippen LogP contribution in [0, 0.1) is 0 Å². The molecule has 0 atom stereocenters. The Kier molecular flexibility index (Phi) is 33.2. The number of benzene rings is 3. The number of hydrogen-bond donors (Lipinski definition) is 0. The summed E-state index contributed by atoms with van der Waals surface area (Å²) in [5.74, 6) is 1.95. The van der Waals surface area contributed by atoms with Gasteiger partial charge in [-0.15, -0.1) is 0 Å². The van der Waals surface area contributed by atoms with Crippen molar-refractivity contribution < 1.29 is 38.1 Å². The average molecular weight is 593 g/mol. The summed E-state index contributed by atoms with van der Waals surface area (Å²) in [6.45, 7) is 5.61. The number of carbonyl (C=O) groups is 3. The summed E-state index contributed by atoms with van der Waals surface area (Å²) in [5, 5.41) is 2.14. The van der Waals surface area contributed by atoms with Gasteiger partial charge in [-0.25, -0.2) is 0 Å². The zero-order chi connectivity index (χ0) is 28.9. The lowest BCUT2D eigenvalue weighted by molar-refractivity contribution is -0.117. The van der Waals surface area contributed by atoms with E-state index in [1.807, 2.05) is 36.4 Å². The van der Waals surface area contributed by atoms with Gasteiger partial charge in [-0.3, -0.25) is 14.4 Å². The smallest absolute Gasteiger partial charge is 0.159 e. The van der Waals surface area contributed by atoms with Gasteiger partial charge in [0.15, 0.2) is 11.6 Å². The lowest BCUT2D eigenvalue weighted by Gasteiger charge is -2.03. The summed E-state index contributed by atoms with van der Waals surface area (Å²) in [6, 6.07) is 18.5. The van der Waals surface area contributed by atoms with Crippen molar-refractivity contribution in [2.45, 2.75) is 56.9 Å². The van der Waals surface area contributed by atoms with Gasteiger partial charge < -0.3 is 23.7 Å². The summed E-state index contributed by atoms with van der Waals surface area (Å²) in [4.78, 5) is 32.1. The Bertz CT molecular complexity index is 1110. The molecule has 0 aliphatic rings. The summed E-state index contributed by atoms with van der Waals surface area (Å²) >= 11 is 0. The summed E-state index contributed by atoms with van der Waals surface area (Å²) in [6.07, 6.45) is 0.538. The fourth-order valence-corrected chi connectivity index (χ4v) is 2.76. The maximum absolute atomic E-state index is 11.2. The molecule has 0 aliphatic heterocycles. The van der Waals surface area contributed by atoms with Crippen LogP contribution in [0.3, 0.4) is 0 Å². The lowest BCUT2D eigenvalue weighted by atomic mass is 10.0. The number of hydrogen-bond acceptors (Lipinski definition) is 8. The van der Waals surface area contributed by atoms with Crippen molar-refractivity contribution in [3.8, 4) is 11.5 Å². The van der Waals surface area contributed by atoms with Crippen LogP contribution >= 0.6 is 0 Å². The molecule has 0 fully saturated rings. The normalized spacial score (nSPS) is 8.57. The first-order valence-electron chi connectivity index (χ1n) is 11.8. The van der Waals surface area contributed by atoms with Crippen molar-refractivity contribution in [1.29, 1.82) is 0 Å². The average Bonchev–Trinajstić information content (AvgIpc) is 2.92. The third kappa shape index (κ3) is 21.2. The number of Topliss-reactive ketones (excluding diaryl/α,β-unsaturated/α-hetero) is 3. The van der Waals surface area contributed by atoms with Crippen LogP contribution in [-0.4, -0.2) is 66.3 Å². The molecular formula is C34H56O8. The van der Waals surface area contributed by atoms with Gasteiger partial charge >= 0.3 is 0 Å². The van der Waals surface area contributed by atoms with E-state index >= 15 is 0 Å². The highest BCUT2D eigenvalue weighted by atomic mass is 16.6. The molecule has 3 aromatic rings. The fraction of sp³-hybridized carbons (Fsp3) is 0.441. The van der Waals surface area contributed by atoms with Crippen LogP contribution in [0.2, 0.25) is 0 Å². The number of carbonyl (C=O) groups excluding carboxylic acids is 3. The van der Waals surface area contributed by atoms with Gasteiger partial charge in [0.2, 0.25) is 0 Å². The summed E-state index contributed by atoms with van der Waals surface area (Å²) in [5.41, 5.74) is 1.46. The van der Waals surface area contributed by atoms with Crippen molar-refractivity contribution >= 4 is 28.1 Å². The number of ether oxygens (including phenoxy) is 5. The van der Waals surface area contributed by atoms with E-state index in [9.17, 15) is 14.4 Å². The minimum absolute atomic E-state index is 0. The van der Waals surface area contributed by atoms with Gasteiger partial charge in [0.1, 0.15) is 24.1 Å². The molecule has 0 bridgehead atoms. The highest BCUT2D eigenvalue weighted by Crippen LogP contribution is 2.21. The van der Waals surface area contributed by atoms with E-state index in [0.29, 0.717) is 25.4 Å². The van der Waals surface area contributed by atoms with Crippen LogP contribution in [0.5, 0.6) is 11.5 Å². The molecule has 8 nitrogen and oxygen atoms in total. The number of rotatable bonds is 9. The van der Waals surface area contributed by atoms with E-state index < -0.39 is 0 Å². The molecule has 0 radical (unpaired) electrons. The Morgan fingerprint density at radius 1 is 0.548 bits per heavy atom. The largest absolute Gasteiger partial charge is 0.497 e. The molecule has 3 rings (SSSR count). The third-order valence-electron chi connectivity index (χ3n) is 4.84. The molecule has 0 aliphatic carbocycles. The molecule has 0 spiro atoms. The van der Waals surface area contributed by atoms with Crippen LogP contribution in [0.1, 0.15) is 77.6 Å². The Hall–Kier alpha value is -3.59. The second-order valence-corrected chi connectivity index (χ2v) is 7.91. The van der Waals surface area contributed by atoms with Crippen molar-refractivity contribution in [3.05, 3.63) is 71.8 Å². The highest BCUT2D eigenvalue weighted by Gasteiger charge is 2.01. The van der Waals surface area contributed by atoms with Crippen LogP contribution in [0.25, 0.3) is 10.8 Å². The summed E-state index contributed by atoms with van der Waals surface area (Å²) in [7, 11) is 8.00. The Labute approximate surface area is 255 Å². The standard InChI is InChI=1S/C13H12O2.C9H10O2.C5H10O2.C3H8O2.4CH4/c1-9(14)10-3-4-12-8-13(15-2)6-5-11(12)7-10;1-7(10)8-3-5-9(11-2)6-4-8;1-5(6)3-4-7-2;1-4-3-5-2;;;;/h3-8H,1-2H3;3-6H,1-2H3;3-4H2,1-2H3;3H2,1-2H3;4*1H4. The predicted molar refractivity (Wildman–Crippen MR) is 176 cm³/mol. The van der Waals surface area contributed by atoms with E-state index in [-0.39, 0.29) is 47.1 Å². The first-order chi connectivity index (χ1) is 18.1. The van der Waals surface area contributed by atoms with Gasteiger partial charge in [-0.05, 0) is 74.0 Å². The van der Waals surface area contributed by atoms with E-state index in [1.54, 1.807) is 80.6 Å². The fourth-order valence-electron chi connectivity index (χ4n) is 2.76. The topological polar surface area (TPSA) is 97.4 Å². The Balaban J connectivity index is -0.000000151. The van der Waals surface area contributed by atoms with Crippen LogP contribution in [0.4, 0.5) is 0 Å². The van der Waals surface area contributed by atoms with Gasteiger partial charge in [0.25, 0.3) is 0 Å². The molecule has 240 valence electrons. The lowest BCUT2D eigenvalue weighted by Crippen LogP contribution is -1.95. The highest BCUT2D eigenvalue weighted by molar-refractivity contribution is 5.98. The van der Waals surface area contributed by atoms with Gasteiger partial charge in [-0.2, -0.15) is 0 Å². The van der Waals surface area contributed by atoms with E-state index in [4.69, 9.17) is 9.47 Å². The minimum Gasteiger partial charge on any atom is -0.497 e. The maximum atomic E-state index is 11.2. The molecule has 3 aromatic carbocycles. The quantitative estimate of drug-likeness (QED) is 0.181. The molecule has 0 saturated carbocycles. The van der Waals surface area contributed by atoms with E-state index in [2.05, 4.69) is 14.2 Å². The molecular weight excluding hydrogens is 536 g/mol. The molecule has 0 amide bonds. The summed E-state index contributed by atoms with van der Waals surface area (Å²) < 4.78 is 23.6. The van der Waals surface area contributed by atoms with Crippen LogP contribution in [0.15, 0.2) is 60.7 Å². The van der Waals surface area contributed by atoms with Crippen molar-refractivity contribution in [1.82, 2.24) is 0 Å². The molecule has 0 unspecified atom stereocenters. The third-order valence-corrected chi connectivity index (χ3v) is 4.84. The van der Waals surface area contributed by atoms with Gasteiger partial charge in [0, 0.05) is 38.9 Å². The number of ketones is 3. The SMILES string of the molecule is C.C.C.C.COCCC(C)=O.COCOC.COc1ccc(C(C)=O)cc1.COc1ccc2cc(C(C)=O)ccc2c1. The van der Waals surface area contributed by atoms with Crippen molar-refractivity contribution in [3.63, 3.8) is 0 Å². The first-order valence-corrected chi connectivity index (χ1v) is 11.8. The van der Waals surface area contributed by atoms with Crippen LogP contribution < -0.4 is 9.47 Å². The maximum Gasteiger partial charge on any atom is 0.159 e. The molecule has 0 saturated heterocycles. The van der Waals surface area contributed by atoms with Gasteiger partial charge in [0.05, 0.1) is 20.8 Å². The number of fused-ring (bicyclic) bond motifs is 1. The number of methoxy groups -OCH3 is 5. The monoisotopic (exact) mass is 592 g/mol. The Morgan fingerprint density at radius 2 is 0.976 bits per heavy atom. The molecule has 0 heterocycles. The van der Waals surface area contributed by atoms with Crippen LogP contribution in [-0.2, 0) is 19.0 Å².